The zero-order valence-corrected chi connectivity index (χ0v) is 18.7. The molecule has 0 atom stereocenters. The second-order valence-corrected chi connectivity index (χ2v) is 8.92. The summed E-state index contributed by atoms with van der Waals surface area (Å²) in [5.74, 6) is 0.286. The molecule has 0 heterocycles. The van der Waals surface area contributed by atoms with E-state index in [1.54, 1.807) is 12.8 Å². The summed E-state index contributed by atoms with van der Waals surface area (Å²) in [6.07, 6.45) is 15.4. The Balaban J connectivity index is 0.000000567. The van der Waals surface area contributed by atoms with Crippen molar-refractivity contribution in [3.8, 4) is 0 Å². The van der Waals surface area contributed by atoms with Gasteiger partial charge in [0.15, 0.2) is 0 Å². The van der Waals surface area contributed by atoms with Gasteiger partial charge < -0.3 is 5.11 Å². The first-order valence-corrected chi connectivity index (χ1v) is 9.32. The molecule has 150 valence electrons. The van der Waals surface area contributed by atoms with Gasteiger partial charge in [-0.05, 0) is 78.9 Å². The van der Waals surface area contributed by atoms with E-state index in [9.17, 15) is 9.90 Å². The Morgan fingerprint density at radius 1 is 0.714 bits per heavy atom. The molecule has 2 fully saturated rings. The molecule has 0 saturated heterocycles. The molecule has 0 aromatic heterocycles. The van der Waals surface area contributed by atoms with Gasteiger partial charge in [0.25, 0.3) is 0 Å². The minimum absolute atomic E-state index is 0. The molecule has 0 spiro atoms. The average molecular weight is 418 g/mol. The second-order valence-electron chi connectivity index (χ2n) is 8.92. The van der Waals surface area contributed by atoms with Crippen molar-refractivity contribution in [3.05, 3.63) is 98.1 Å². The fourth-order valence-electron chi connectivity index (χ4n) is 2.83. The minimum Gasteiger partial charge on any atom is -0.481 e. The number of carboxylic acids is 1. The fourth-order valence-corrected chi connectivity index (χ4v) is 2.83. The molecule has 1 N–H and O–H groups in total. The number of carboxylic acid groups (broad SMARTS) is 1. The molecule has 3 heteroatoms. The summed E-state index contributed by atoms with van der Waals surface area (Å²) in [6, 6.07) is 6.49. The first kappa shape index (κ1) is 25.2. The Bertz CT molecular complexity index is 593. The van der Waals surface area contributed by atoms with Crippen molar-refractivity contribution in [3.63, 3.8) is 0 Å². The molecule has 0 bridgehead atoms. The first-order chi connectivity index (χ1) is 12.5. The predicted octanol–water partition coefficient (Wildman–Crippen LogP) is 5.51. The Kier molecular flexibility index (Phi) is 9.29. The Hall–Kier alpha value is -0.791. The predicted molar refractivity (Wildman–Crippen MR) is 111 cm³/mol. The third kappa shape index (κ3) is 6.92. The van der Waals surface area contributed by atoms with E-state index in [-0.39, 0.29) is 27.9 Å². The topological polar surface area (TPSA) is 37.3 Å². The van der Waals surface area contributed by atoms with Crippen molar-refractivity contribution in [2.24, 2.45) is 0 Å². The minimum atomic E-state index is -0.876. The van der Waals surface area contributed by atoms with Crippen LogP contribution in [0.2, 0.25) is 0 Å². The van der Waals surface area contributed by atoms with Gasteiger partial charge in [0.1, 0.15) is 0 Å². The van der Waals surface area contributed by atoms with Gasteiger partial charge in [0.2, 0.25) is 0 Å². The molecule has 1 aromatic carbocycles. The molecule has 0 unspecified atom stereocenters. The molecule has 3 rings (SSSR count). The zero-order chi connectivity index (χ0) is 20.2. The summed E-state index contributed by atoms with van der Waals surface area (Å²) in [4.78, 5) is 11.4. The van der Waals surface area contributed by atoms with Gasteiger partial charge >= 0.3 is 5.97 Å². The van der Waals surface area contributed by atoms with Crippen LogP contribution in [0, 0.1) is 63.2 Å². The number of aliphatic carboxylic acids is 1. The van der Waals surface area contributed by atoms with Gasteiger partial charge in [0.05, 0.1) is 5.92 Å². The van der Waals surface area contributed by atoms with E-state index in [1.165, 1.54) is 11.1 Å². The van der Waals surface area contributed by atoms with Crippen LogP contribution in [0.15, 0.2) is 18.2 Å². The SMILES string of the molecule is CC(C)(C)c1cc([C]2[CH][CH][CH][C]2C(=O)O)cc(C(C)(C)C)c1.[CH]1[CH][CH][CH][CH]1.[Fe]. The van der Waals surface area contributed by atoms with Crippen molar-refractivity contribution < 1.29 is 27.0 Å². The average Bonchev–Trinajstić information content (AvgIpc) is 3.27. The monoisotopic (exact) mass is 418 g/mol. The molecule has 2 nitrogen and oxygen atoms in total. The van der Waals surface area contributed by atoms with Crippen molar-refractivity contribution in [1.29, 1.82) is 0 Å². The second kappa shape index (κ2) is 10.3. The molecule has 0 amide bonds. The van der Waals surface area contributed by atoms with E-state index < -0.39 is 5.97 Å². The van der Waals surface area contributed by atoms with Gasteiger partial charge in [-0.25, -0.2) is 0 Å². The van der Waals surface area contributed by atoms with E-state index in [1.807, 2.05) is 38.5 Å². The van der Waals surface area contributed by atoms with E-state index in [2.05, 4.69) is 59.7 Å². The van der Waals surface area contributed by atoms with Crippen LogP contribution in [0.5, 0.6) is 0 Å². The number of hydrogen-bond acceptors (Lipinski definition) is 1. The maximum absolute atomic E-state index is 11.4. The number of hydrogen-bond donors (Lipinski definition) is 1. The standard InChI is InChI=1S/C20H25O2.C5H5.Fe/c1-19(2,3)14-10-13(11-15(12-14)20(4,5)6)16-8-7-9-17(16)18(21)22;1-2-4-5-3-1;/h7-12H,1-6H3,(H,21,22);1-5H;. The van der Waals surface area contributed by atoms with Crippen LogP contribution in [0.25, 0.3) is 0 Å². The third-order valence-corrected chi connectivity index (χ3v) is 4.58. The van der Waals surface area contributed by atoms with Crippen LogP contribution in [-0.4, -0.2) is 11.1 Å². The summed E-state index contributed by atoms with van der Waals surface area (Å²) in [5, 5.41) is 9.37. The normalized spacial score (nSPS) is 18.4. The quantitative estimate of drug-likeness (QED) is 0.644. The number of carbonyl (C=O) groups is 1. The number of rotatable bonds is 2. The Morgan fingerprint density at radius 2 is 1.14 bits per heavy atom. The number of benzene rings is 1. The van der Waals surface area contributed by atoms with Gasteiger partial charge in [-0.1, -0.05) is 59.7 Å². The van der Waals surface area contributed by atoms with Gasteiger partial charge in [-0.2, -0.15) is 0 Å². The van der Waals surface area contributed by atoms with E-state index in [0.29, 0.717) is 5.92 Å². The van der Waals surface area contributed by atoms with E-state index in [0.717, 1.165) is 11.5 Å². The smallest absolute Gasteiger partial charge is 0.312 e. The maximum Gasteiger partial charge on any atom is 0.312 e. The summed E-state index contributed by atoms with van der Waals surface area (Å²) in [7, 11) is 0. The van der Waals surface area contributed by atoms with Crippen LogP contribution in [0.1, 0.15) is 58.2 Å². The maximum atomic E-state index is 11.4. The molecule has 10 radical (unpaired) electrons. The summed E-state index contributed by atoms with van der Waals surface area (Å²) in [5.41, 5.74) is 3.48. The van der Waals surface area contributed by atoms with Gasteiger partial charge in [-0.15, -0.1) is 0 Å². The van der Waals surface area contributed by atoms with Crippen LogP contribution in [0.4, 0.5) is 0 Å². The Morgan fingerprint density at radius 3 is 1.50 bits per heavy atom. The van der Waals surface area contributed by atoms with Crippen LogP contribution >= 0.6 is 0 Å². The van der Waals surface area contributed by atoms with E-state index in [4.69, 9.17) is 0 Å². The first-order valence-electron chi connectivity index (χ1n) is 9.32. The zero-order valence-electron chi connectivity index (χ0n) is 17.6. The van der Waals surface area contributed by atoms with Crippen molar-refractivity contribution in [2.45, 2.75) is 52.4 Å². The van der Waals surface area contributed by atoms with Crippen LogP contribution in [-0.2, 0) is 32.7 Å². The molecule has 0 aliphatic heterocycles. The van der Waals surface area contributed by atoms with Gasteiger partial charge in [-0.3, -0.25) is 4.79 Å². The largest absolute Gasteiger partial charge is 0.481 e. The van der Waals surface area contributed by atoms with E-state index >= 15 is 0 Å². The molecule has 1 aromatic rings. The molecule has 2 aliphatic carbocycles. The fraction of sp³-hybridized carbons (Fsp3) is 0.320. The van der Waals surface area contributed by atoms with Crippen molar-refractivity contribution in [1.82, 2.24) is 0 Å². The van der Waals surface area contributed by atoms with Crippen LogP contribution in [0.3, 0.4) is 0 Å². The third-order valence-electron chi connectivity index (χ3n) is 4.58. The summed E-state index contributed by atoms with van der Waals surface area (Å²) >= 11 is 0. The molecule has 28 heavy (non-hydrogen) atoms. The summed E-state index contributed by atoms with van der Waals surface area (Å²) < 4.78 is 0. The van der Waals surface area contributed by atoms with Crippen molar-refractivity contribution in [2.75, 3.05) is 0 Å². The Labute approximate surface area is 183 Å². The molecular weight excluding hydrogens is 388 g/mol. The van der Waals surface area contributed by atoms with Crippen LogP contribution < -0.4 is 0 Å². The van der Waals surface area contributed by atoms with Crippen molar-refractivity contribution >= 4 is 5.97 Å². The summed E-state index contributed by atoms with van der Waals surface area (Å²) in [6.45, 7) is 13.1. The molecule has 2 saturated carbocycles. The van der Waals surface area contributed by atoms with Gasteiger partial charge in [0, 0.05) is 23.0 Å². The molecular formula is C25H30FeO2. The molecule has 2 aliphatic rings.